The molecule has 0 radical (unpaired) electrons. The molecule has 0 bridgehead atoms. The average Bonchev–Trinajstić information content (AvgIpc) is 3.38. The van der Waals surface area contributed by atoms with E-state index in [2.05, 4.69) is 4.98 Å². The highest BCUT2D eigenvalue weighted by atomic mass is 32.1. The van der Waals surface area contributed by atoms with Crippen LogP contribution in [0, 0.1) is 10.1 Å². The van der Waals surface area contributed by atoms with Crippen molar-refractivity contribution in [3.63, 3.8) is 0 Å². The van der Waals surface area contributed by atoms with Gasteiger partial charge >= 0.3 is 5.97 Å². The number of hydrogen-bond acceptors (Lipinski definition) is 9. The van der Waals surface area contributed by atoms with Crippen molar-refractivity contribution in [1.29, 1.82) is 0 Å². The Morgan fingerprint density at radius 3 is 2.88 bits per heavy atom. The molecule has 2 aromatic heterocycles. The standard InChI is InChI=1S/C16H10N2O7S/c19-16(10-4-12-13(25-8-24-12)5-11(10)18(20)21)23-7-9-6-22-15(17-9)14-2-1-3-26-14/h1-6H,7-8H2. The number of nitro groups is 1. The van der Waals surface area contributed by atoms with Crippen LogP contribution in [0.15, 0.2) is 40.3 Å². The quantitative estimate of drug-likeness (QED) is 0.379. The first-order chi connectivity index (χ1) is 12.6. The Hall–Kier alpha value is -3.40. The van der Waals surface area contributed by atoms with E-state index < -0.39 is 16.6 Å². The maximum Gasteiger partial charge on any atom is 0.345 e. The summed E-state index contributed by atoms with van der Waals surface area (Å²) in [6.07, 6.45) is 1.37. The second-order valence-corrected chi connectivity index (χ2v) is 6.12. The fourth-order valence-electron chi connectivity index (χ4n) is 2.35. The Kier molecular flexibility index (Phi) is 4.01. The summed E-state index contributed by atoms with van der Waals surface area (Å²) in [7, 11) is 0. The smallest absolute Gasteiger partial charge is 0.345 e. The number of nitrogens with zero attached hydrogens (tertiary/aromatic N) is 2. The number of thiophene rings is 1. The van der Waals surface area contributed by atoms with E-state index >= 15 is 0 Å². The summed E-state index contributed by atoms with van der Waals surface area (Å²) in [6.45, 7) is -0.241. The van der Waals surface area contributed by atoms with Gasteiger partial charge in [-0.3, -0.25) is 10.1 Å². The van der Waals surface area contributed by atoms with E-state index in [-0.39, 0.29) is 30.5 Å². The molecule has 1 aromatic carbocycles. The first kappa shape index (κ1) is 16.1. The molecule has 0 atom stereocenters. The lowest BCUT2D eigenvalue weighted by molar-refractivity contribution is -0.385. The van der Waals surface area contributed by atoms with Crippen molar-refractivity contribution < 1.29 is 28.3 Å². The van der Waals surface area contributed by atoms with Gasteiger partial charge in [0.2, 0.25) is 12.7 Å². The number of oxazole rings is 1. The summed E-state index contributed by atoms with van der Waals surface area (Å²) in [5.74, 6) is 0.0186. The molecule has 3 aromatic rings. The number of ether oxygens (including phenoxy) is 3. The van der Waals surface area contributed by atoms with Crippen molar-refractivity contribution >= 4 is 23.0 Å². The summed E-state index contributed by atoms with van der Waals surface area (Å²) in [4.78, 5) is 27.9. The van der Waals surface area contributed by atoms with Crippen molar-refractivity contribution in [2.24, 2.45) is 0 Å². The van der Waals surface area contributed by atoms with Gasteiger partial charge in [-0.25, -0.2) is 9.78 Å². The van der Waals surface area contributed by atoms with Crippen molar-refractivity contribution in [3.05, 3.63) is 57.3 Å². The third kappa shape index (κ3) is 2.97. The molecule has 4 rings (SSSR count). The van der Waals surface area contributed by atoms with Gasteiger partial charge in [0.05, 0.1) is 15.9 Å². The van der Waals surface area contributed by atoms with Crippen molar-refractivity contribution in [2.75, 3.05) is 6.79 Å². The molecule has 0 unspecified atom stereocenters. The molecule has 1 aliphatic rings. The van der Waals surface area contributed by atoms with E-state index in [9.17, 15) is 14.9 Å². The second-order valence-electron chi connectivity index (χ2n) is 5.18. The monoisotopic (exact) mass is 374 g/mol. The van der Waals surface area contributed by atoms with E-state index in [0.717, 1.165) is 10.9 Å². The van der Waals surface area contributed by atoms with E-state index in [1.165, 1.54) is 23.7 Å². The lowest BCUT2D eigenvalue weighted by atomic mass is 10.1. The fourth-order valence-corrected chi connectivity index (χ4v) is 3.01. The molecule has 3 heterocycles. The Bertz CT molecular complexity index is 981. The van der Waals surface area contributed by atoms with Crippen LogP contribution in [0.3, 0.4) is 0 Å². The van der Waals surface area contributed by atoms with E-state index in [1.807, 2.05) is 17.5 Å². The Labute approximate surface area is 149 Å². The second kappa shape index (κ2) is 6.48. The number of fused-ring (bicyclic) bond motifs is 1. The zero-order valence-corrected chi connectivity index (χ0v) is 13.9. The summed E-state index contributed by atoms with van der Waals surface area (Å²) in [6, 6.07) is 6.09. The molecule has 132 valence electrons. The van der Waals surface area contributed by atoms with Crippen molar-refractivity contribution in [1.82, 2.24) is 4.98 Å². The number of hydrogen-bond donors (Lipinski definition) is 0. The van der Waals surface area contributed by atoms with Gasteiger partial charge in [-0.2, -0.15) is 0 Å². The molecule has 0 spiro atoms. The van der Waals surface area contributed by atoms with Crippen LogP contribution in [0.1, 0.15) is 16.1 Å². The zero-order chi connectivity index (χ0) is 18.1. The molecule has 0 saturated heterocycles. The first-order valence-electron chi connectivity index (χ1n) is 7.35. The molecule has 9 nitrogen and oxygen atoms in total. The molecule has 0 amide bonds. The molecule has 0 saturated carbocycles. The Morgan fingerprint density at radius 1 is 1.35 bits per heavy atom. The summed E-state index contributed by atoms with van der Waals surface area (Å²) < 4.78 is 20.7. The predicted octanol–water partition coefficient (Wildman–Crippen LogP) is 3.40. The third-order valence-corrected chi connectivity index (χ3v) is 4.40. The predicted molar refractivity (Wildman–Crippen MR) is 88.2 cm³/mol. The maximum absolute atomic E-state index is 12.3. The summed E-state index contributed by atoms with van der Waals surface area (Å²) in [5, 5.41) is 13.1. The van der Waals surface area contributed by atoms with Gasteiger partial charge in [0.15, 0.2) is 11.5 Å². The highest BCUT2D eigenvalue weighted by Gasteiger charge is 2.28. The lowest BCUT2D eigenvalue weighted by Crippen LogP contribution is -2.08. The SMILES string of the molecule is O=C(OCc1coc(-c2cccs2)n1)c1cc2c(cc1[N+](=O)[O-])OCO2. The van der Waals surface area contributed by atoms with Crippen LogP contribution in [0.5, 0.6) is 11.5 Å². The minimum absolute atomic E-state index is 0.0601. The highest BCUT2D eigenvalue weighted by molar-refractivity contribution is 7.13. The molecule has 0 fully saturated rings. The maximum atomic E-state index is 12.3. The molecule has 0 N–H and O–H groups in total. The topological polar surface area (TPSA) is 114 Å². The molecule has 26 heavy (non-hydrogen) atoms. The number of carbonyl (C=O) groups is 1. The minimum Gasteiger partial charge on any atom is -0.455 e. The normalized spacial score (nSPS) is 12.2. The third-order valence-electron chi connectivity index (χ3n) is 3.54. The number of carbonyl (C=O) groups excluding carboxylic acids is 1. The molecule has 1 aliphatic heterocycles. The van der Waals surface area contributed by atoms with Crippen LogP contribution < -0.4 is 9.47 Å². The van der Waals surface area contributed by atoms with E-state index in [1.54, 1.807) is 0 Å². The van der Waals surface area contributed by atoms with Crippen LogP contribution >= 0.6 is 11.3 Å². The van der Waals surface area contributed by atoms with Crippen LogP contribution in [0.4, 0.5) is 5.69 Å². The van der Waals surface area contributed by atoms with Crippen LogP contribution in [-0.4, -0.2) is 22.7 Å². The van der Waals surface area contributed by atoms with E-state index in [4.69, 9.17) is 18.6 Å². The zero-order valence-electron chi connectivity index (χ0n) is 13.0. The molecule has 0 aliphatic carbocycles. The number of nitro benzene ring substituents is 1. The van der Waals surface area contributed by atoms with Crippen LogP contribution in [0.25, 0.3) is 10.8 Å². The van der Waals surface area contributed by atoms with Crippen molar-refractivity contribution in [3.8, 4) is 22.3 Å². The Balaban J connectivity index is 1.51. The first-order valence-corrected chi connectivity index (χ1v) is 8.23. The number of rotatable bonds is 5. The van der Waals surface area contributed by atoms with Crippen LogP contribution in [-0.2, 0) is 11.3 Å². The van der Waals surface area contributed by atoms with Gasteiger partial charge < -0.3 is 18.6 Å². The van der Waals surface area contributed by atoms with Gasteiger partial charge in [-0.1, -0.05) is 6.07 Å². The van der Waals surface area contributed by atoms with Crippen LogP contribution in [0.2, 0.25) is 0 Å². The molecular weight excluding hydrogens is 364 g/mol. The lowest BCUT2D eigenvalue weighted by Gasteiger charge is -2.05. The minimum atomic E-state index is -0.865. The summed E-state index contributed by atoms with van der Waals surface area (Å²) >= 11 is 1.46. The average molecular weight is 374 g/mol. The number of aromatic nitrogens is 1. The largest absolute Gasteiger partial charge is 0.455 e. The molecular formula is C16H10N2O7S. The van der Waals surface area contributed by atoms with Gasteiger partial charge in [-0.05, 0) is 11.4 Å². The summed E-state index contributed by atoms with van der Waals surface area (Å²) in [5.41, 5.74) is -0.245. The number of esters is 1. The van der Waals surface area contributed by atoms with Gasteiger partial charge in [0.25, 0.3) is 5.69 Å². The highest BCUT2D eigenvalue weighted by Crippen LogP contribution is 2.38. The van der Waals surface area contributed by atoms with Gasteiger partial charge in [-0.15, -0.1) is 11.3 Å². The van der Waals surface area contributed by atoms with Crippen molar-refractivity contribution in [2.45, 2.75) is 6.61 Å². The van der Waals surface area contributed by atoms with Gasteiger partial charge in [0.1, 0.15) is 24.1 Å². The Morgan fingerprint density at radius 2 is 2.15 bits per heavy atom. The van der Waals surface area contributed by atoms with Gasteiger partial charge in [0, 0.05) is 6.07 Å². The molecule has 10 heteroatoms. The number of benzene rings is 1. The fraction of sp³-hybridized carbons (Fsp3) is 0.125. The van der Waals surface area contributed by atoms with E-state index in [0.29, 0.717) is 11.6 Å².